The van der Waals surface area contributed by atoms with E-state index in [0.29, 0.717) is 0 Å². The summed E-state index contributed by atoms with van der Waals surface area (Å²) < 4.78 is 1.85. The number of nitrogens with zero attached hydrogens (tertiary/aromatic N) is 3. The summed E-state index contributed by atoms with van der Waals surface area (Å²) in [6.45, 7) is 6.76. The van der Waals surface area contributed by atoms with E-state index in [0.717, 1.165) is 18.5 Å². The summed E-state index contributed by atoms with van der Waals surface area (Å²) in [4.78, 5) is 4.15. The van der Waals surface area contributed by atoms with E-state index in [4.69, 9.17) is 0 Å². The van der Waals surface area contributed by atoms with Crippen molar-refractivity contribution in [2.24, 2.45) is 0 Å². The Balaban J connectivity index is 2.51. The van der Waals surface area contributed by atoms with Gasteiger partial charge in [0.15, 0.2) is 5.65 Å². The summed E-state index contributed by atoms with van der Waals surface area (Å²) in [5, 5.41) is 4.17. The van der Waals surface area contributed by atoms with Gasteiger partial charge in [-0.3, -0.25) is 0 Å². The zero-order chi connectivity index (χ0) is 10.9. The molecule has 0 radical (unpaired) electrons. The number of rotatable bonds is 3. The first kappa shape index (κ1) is 10.1. The fourth-order valence-corrected chi connectivity index (χ4v) is 1.83. The molecule has 0 N–H and O–H groups in total. The number of pyridine rings is 1. The van der Waals surface area contributed by atoms with Gasteiger partial charge < -0.3 is 0 Å². The summed E-state index contributed by atoms with van der Waals surface area (Å²) in [7, 11) is 0. The highest BCUT2D eigenvalue weighted by Crippen LogP contribution is 2.30. The molecule has 2 aromatic heterocycles. The standard InChI is InChI=1S/C12H17N3/c1-4-12(3,5-2)10-6-7-11-13-9-14-15(11)8-10/h6-9H,4-5H2,1-3H3. The van der Waals surface area contributed by atoms with E-state index in [2.05, 4.69) is 43.1 Å². The van der Waals surface area contributed by atoms with Crippen LogP contribution in [0.4, 0.5) is 0 Å². The third kappa shape index (κ3) is 1.62. The first-order valence-corrected chi connectivity index (χ1v) is 5.49. The van der Waals surface area contributed by atoms with E-state index in [1.54, 1.807) is 6.33 Å². The second kappa shape index (κ2) is 3.65. The molecule has 0 bridgehead atoms. The van der Waals surface area contributed by atoms with Crippen LogP contribution in [-0.4, -0.2) is 14.6 Å². The topological polar surface area (TPSA) is 30.2 Å². The first-order chi connectivity index (χ1) is 7.19. The van der Waals surface area contributed by atoms with E-state index >= 15 is 0 Å². The SMILES string of the molecule is CCC(C)(CC)c1ccc2ncnn2c1. The van der Waals surface area contributed by atoms with Crippen molar-refractivity contribution < 1.29 is 0 Å². The maximum Gasteiger partial charge on any atom is 0.155 e. The van der Waals surface area contributed by atoms with Crippen LogP contribution in [0.3, 0.4) is 0 Å². The molecule has 0 aliphatic rings. The summed E-state index contributed by atoms with van der Waals surface area (Å²) in [5.41, 5.74) is 2.50. The molecule has 3 heteroatoms. The Hall–Kier alpha value is -1.38. The summed E-state index contributed by atoms with van der Waals surface area (Å²) in [5.74, 6) is 0. The molecule has 15 heavy (non-hydrogen) atoms. The average molecular weight is 203 g/mol. The monoisotopic (exact) mass is 203 g/mol. The fraction of sp³-hybridized carbons (Fsp3) is 0.500. The molecule has 0 aliphatic carbocycles. The molecule has 0 aromatic carbocycles. The third-order valence-corrected chi connectivity index (χ3v) is 3.53. The van der Waals surface area contributed by atoms with Crippen molar-refractivity contribution >= 4 is 5.65 Å². The maximum atomic E-state index is 4.17. The van der Waals surface area contributed by atoms with Crippen molar-refractivity contribution in [1.29, 1.82) is 0 Å². The van der Waals surface area contributed by atoms with Crippen LogP contribution in [0.15, 0.2) is 24.7 Å². The van der Waals surface area contributed by atoms with E-state index in [-0.39, 0.29) is 5.41 Å². The summed E-state index contributed by atoms with van der Waals surface area (Å²) >= 11 is 0. The summed E-state index contributed by atoms with van der Waals surface area (Å²) in [6, 6.07) is 4.20. The van der Waals surface area contributed by atoms with Gasteiger partial charge in [-0.2, -0.15) is 5.10 Å². The molecule has 0 atom stereocenters. The predicted octanol–water partition coefficient (Wildman–Crippen LogP) is 2.81. The Labute approximate surface area is 90.1 Å². The van der Waals surface area contributed by atoms with E-state index < -0.39 is 0 Å². The number of hydrogen-bond donors (Lipinski definition) is 0. The van der Waals surface area contributed by atoms with Gasteiger partial charge in [0, 0.05) is 6.20 Å². The van der Waals surface area contributed by atoms with Crippen molar-refractivity contribution in [1.82, 2.24) is 14.6 Å². The van der Waals surface area contributed by atoms with Gasteiger partial charge in [0.2, 0.25) is 0 Å². The van der Waals surface area contributed by atoms with E-state index in [1.165, 1.54) is 5.56 Å². The zero-order valence-corrected chi connectivity index (χ0v) is 9.57. The smallest absolute Gasteiger partial charge is 0.155 e. The molecule has 0 saturated heterocycles. The van der Waals surface area contributed by atoms with Crippen molar-refractivity contribution in [2.45, 2.75) is 39.0 Å². The predicted molar refractivity (Wildman–Crippen MR) is 60.9 cm³/mol. The summed E-state index contributed by atoms with van der Waals surface area (Å²) in [6.07, 6.45) is 5.97. The quantitative estimate of drug-likeness (QED) is 0.767. The minimum atomic E-state index is 0.250. The molecule has 2 aromatic rings. The average Bonchev–Trinajstić information content (AvgIpc) is 2.74. The molecule has 0 amide bonds. The van der Waals surface area contributed by atoms with Crippen LogP contribution in [0.5, 0.6) is 0 Å². The van der Waals surface area contributed by atoms with Gasteiger partial charge in [0.05, 0.1) is 0 Å². The van der Waals surface area contributed by atoms with Gasteiger partial charge in [-0.25, -0.2) is 9.50 Å². The highest BCUT2D eigenvalue weighted by atomic mass is 15.3. The molecular weight excluding hydrogens is 186 g/mol. The number of aromatic nitrogens is 3. The highest BCUT2D eigenvalue weighted by Gasteiger charge is 2.22. The molecule has 80 valence electrons. The highest BCUT2D eigenvalue weighted by molar-refractivity contribution is 5.39. The van der Waals surface area contributed by atoms with Crippen LogP contribution >= 0.6 is 0 Å². The largest absolute Gasteiger partial charge is 0.221 e. The molecule has 0 spiro atoms. The minimum Gasteiger partial charge on any atom is -0.221 e. The molecule has 3 nitrogen and oxygen atoms in total. The minimum absolute atomic E-state index is 0.250. The normalized spacial score (nSPS) is 12.2. The second-order valence-electron chi connectivity index (χ2n) is 4.25. The maximum absolute atomic E-state index is 4.17. The number of fused-ring (bicyclic) bond motifs is 1. The van der Waals surface area contributed by atoms with Gasteiger partial charge in [0.25, 0.3) is 0 Å². The molecule has 2 rings (SSSR count). The Morgan fingerprint density at radius 3 is 2.67 bits per heavy atom. The Morgan fingerprint density at radius 1 is 1.27 bits per heavy atom. The van der Waals surface area contributed by atoms with Gasteiger partial charge in [-0.05, 0) is 29.9 Å². The van der Waals surface area contributed by atoms with E-state index in [1.807, 2.05) is 10.6 Å². The van der Waals surface area contributed by atoms with Crippen LogP contribution in [0, 0.1) is 0 Å². The van der Waals surface area contributed by atoms with Gasteiger partial charge >= 0.3 is 0 Å². The zero-order valence-electron chi connectivity index (χ0n) is 9.57. The van der Waals surface area contributed by atoms with E-state index in [9.17, 15) is 0 Å². The second-order valence-corrected chi connectivity index (χ2v) is 4.25. The van der Waals surface area contributed by atoms with Crippen molar-refractivity contribution in [3.63, 3.8) is 0 Å². The first-order valence-electron chi connectivity index (χ1n) is 5.49. The van der Waals surface area contributed by atoms with Crippen molar-refractivity contribution in [3.8, 4) is 0 Å². The Kier molecular flexibility index (Phi) is 2.47. The van der Waals surface area contributed by atoms with Crippen LogP contribution in [0.2, 0.25) is 0 Å². The third-order valence-electron chi connectivity index (χ3n) is 3.53. The molecule has 0 aliphatic heterocycles. The van der Waals surface area contributed by atoms with Crippen LogP contribution in [0.1, 0.15) is 39.2 Å². The fourth-order valence-electron chi connectivity index (χ4n) is 1.83. The van der Waals surface area contributed by atoms with Crippen molar-refractivity contribution in [3.05, 3.63) is 30.2 Å². The molecule has 2 heterocycles. The van der Waals surface area contributed by atoms with Gasteiger partial charge in [0.1, 0.15) is 6.33 Å². The van der Waals surface area contributed by atoms with Crippen LogP contribution in [0.25, 0.3) is 5.65 Å². The molecule has 0 fully saturated rings. The van der Waals surface area contributed by atoms with Gasteiger partial charge in [-0.15, -0.1) is 0 Å². The number of hydrogen-bond acceptors (Lipinski definition) is 2. The Morgan fingerprint density at radius 2 is 2.00 bits per heavy atom. The van der Waals surface area contributed by atoms with Crippen LogP contribution < -0.4 is 0 Å². The lowest BCUT2D eigenvalue weighted by Crippen LogP contribution is -2.20. The lowest BCUT2D eigenvalue weighted by Gasteiger charge is -2.27. The molecule has 0 saturated carbocycles. The lowest BCUT2D eigenvalue weighted by atomic mass is 9.79. The molecule has 0 unspecified atom stereocenters. The van der Waals surface area contributed by atoms with Gasteiger partial charge in [-0.1, -0.05) is 26.8 Å². The molecular formula is C12H17N3. The Bertz CT molecular complexity index is 455. The van der Waals surface area contributed by atoms with Crippen LogP contribution in [-0.2, 0) is 5.41 Å². The lowest BCUT2D eigenvalue weighted by molar-refractivity contribution is 0.436. The van der Waals surface area contributed by atoms with Crippen molar-refractivity contribution in [2.75, 3.05) is 0 Å².